The molecule has 4 rings (SSSR count). The third-order valence-electron chi connectivity index (χ3n) is 5.69. The van der Waals surface area contributed by atoms with Crippen LogP contribution in [0.1, 0.15) is 26.3 Å². The summed E-state index contributed by atoms with van der Waals surface area (Å²) in [5.74, 6) is -0.861. The Labute approximate surface area is 190 Å². The highest BCUT2D eigenvalue weighted by atomic mass is 35.5. The fourth-order valence-corrected chi connectivity index (χ4v) is 4.09. The quantitative estimate of drug-likeness (QED) is 0.551. The molecule has 0 unspecified atom stereocenters. The highest BCUT2D eigenvalue weighted by Crippen LogP contribution is 2.25. The molecule has 1 aliphatic rings. The summed E-state index contributed by atoms with van der Waals surface area (Å²) in [5, 5.41) is 8.62. The third-order valence-corrected chi connectivity index (χ3v) is 5.93. The molecule has 1 aliphatic heterocycles. The molecule has 7 nitrogen and oxygen atoms in total. The van der Waals surface area contributed by atoms with E-state index in [0.29, 0.717) is 38.3 Å². The fraction of sp³-hybridized carbons (Fsp3) is 0.348. The van der Waals surface area contributed by atoms with Crippen LogP contribution in [0.3, 0.4) is 0 Å². The van der Waals surface area contributed by atoms with Gasteiger partial charge < -0.3 is 15.0 Å². The van der Waals surface area contributed by atoms with Crippen LogP contribution in [0.15, 0.2) is 36.5 Å². The maximum Gasteiger partial charge on any atom is 0.256 e. The lowest BCUT2D eigenvalue weighted by Gasteiger charge is -2.39. The van der Waals surface area contributed by atoms with E-state index < -0.39 is 5.82 Å². The second kappa shape index (κ2) is 9.26. The zero-order valence-corrected chi connectivity index (χ0v) is 18.7. The SMILES string of the molecule is COCCNC(=O)c1ccc2nn(CC3CN(C(=O)c4ccc(Cl)cc4F)C3)cc2c1C. The maximum atomic E-state index is 14.0. The molecule has 2 amide bonds. The summed E-state index contributed by atoms with van der Waals surface area (Å²) in [4.78, 5) is 26.6. The van der Waals surface area contributed by atoms with Gasteiger partial charge in [-0.2, -0.15) is 5.10 Å². The van der Waals surface area contributed by atoms with Gasteiger partial charge in [0.05, 0.1) is 17.7 Å². The largest absolute Gasteiger partial charge is 0.383 e. The van der Waals surface area contributed by atoms with Crippen molar-refractivity contribution in [3.05, 3.63) is 64.1 Å². The van der Waals surface area contributed by atoms with Crippen LogP contribution in [0.4, 0.5) is 4.39 Å². The van der Waals surface area contributed by atoms with Crippen LogP contribution in [0, 0.1) is 18.7 Å². The Morgan fingerprint density at radius 1 is 1.25 bits per heavy atom. The van der Waals surface area contributed by atoms with E-state index in [-0.39, 0.29) is 28.3 Å². The molecule has 0 bridgehead atoms. The molecule has 1 aromatic heterocycles. The van der Waals surface area contributed by atoms with Crippen LogP contribution in [0.5, 0.6) is 0 Å². The first-order chi connectivity index (χ1) is 15.4. The van der Waals surface area contributed by atoms with E-state index in [1.165, 1.54) is 12.1 Å². The minimum absolute atomic E-state index is 0.0320. The monoisotopic (exact) mass is 458 g/mol. The van der Waals surface area contributed by atoms with Crippen molar-refractivity contribution in [2.45, 2.75) is 13.5 Å². The lowest BCUT2D eigenvalue weighted by molar-refractivity contribution is 0.0457. The summed E-state index contributed by atoms with van der Waals surface area (Å²) in [7, 11) is 1.59. The van der Waals surface area contributed by atoms with Crippen molar-refractivity contribution in [1.29, 1.82) is 0 Å². The van der Waals surface area contributed by atoms with Crippen molar-refractivity contribution < 1.29 is 18.7 Å². The van der Waals surface area contributed by atoms with E-state index in [1.54, 1.807) is 18.1 Å². The standard InChI is InChI=1S/C23H24ClFN4O3/c1-14-17(22(30)26-7-8-32-2)5-6-21-19(14)13-29(27-21)12-15-10-28(11-15)23(31)18-4-3-16(24)9-20(18)25/h3-6,9,13,15H,7-8,10-12H2,1-2H3,(H,26,30). The number of carbonyl (C=O) groups is 2. The van der Waals surface area contributed by atoms with Crippen LogP contribution in [-0.4, -0.2) is 59.8 Å². The molecule has 1 saturated heterocycles. The van der Waals surface area contributed by atoms with Crippen molar-refractivity contribution in [2.75, 3.05) is 33.4 Å². The van der Waals surface area contributed by atoms with Crippen molar-refractivity contribution in [2.24, 2.45) is 5.92 Å². The fourth-order valence-electron chi connectivity index (χ4n) is 3.93. The first kappa shape index (κ1) is 22.2. The Kier molecular flexibility index (Phi) is 6.43. The number of nitrogens with zero attached hydrogens (tertiary/aromatic N) is 3. The number of halogens is 2. The molecule has 168 valence electrons. The van der Waals surface area contributed by atoms with Crippen LogP contribution >= 0.6 is 11.6 Å². The number of rotatable bonds is 7. The van der Waals surface area contributed by atoms with Gasteiger partial charge in [-0.15, -0.1) is 0 Å². The number of aryl methyl sites for hydroxylation is 1. The number of benzene rings is 2. The summed E-state index contributed by atoms with van der Waals surface area (Å²) in [6.45, 7) is 4.51. The minimum atomic E-state index is -0.609. The molecule has 0 radical (unpaired) electrons. The van der Waals surface area contributed by atoms with Gasteiger partial charge in [0, 0.05) is 61.4 Å². The van der Waals surface area contributed by atoms with E-state index in [0.717, 1.165) is 22.5 Å². The highest BCUT2D eigenvalue weighted by Gasteiger charge is 2.32. The second-order valence-corrected chi connectivity index (χ2v) is 8.41. The summed E-state index contributed by atoms with van der Waals surface area (Å²) in [5.41, 5.74) is 2.32. The summed E-state index contributed by atoms with van der Waals surface area (Å²) < 4.78 is 20.8. The van der Waals surface area contributed by atoms with Gasteiger partial charge in [0.25, 0.3) is 11.8 Å². The molecule has 0 saturated carbocycles. The van der Waals surface area contributed by atoms with Gasteiger partial charge in [0.2, 0.25) is 0 Å². The summed E-state index contributed by atoms with van der Waals surface area (Å²) >= 11 is 5.76. The lowest BCUT2D eigenvalue weighted by Crippen LogP contribution is -2.51. The number of hydrogen-bond donors (Lipinski definition) is 1. The first-order valence-corrected chi connectivity index (χ1v) is 10.7. The van der Waals surface area contributed by atoms with Gasteiger partial charge in [-0.1, -0.05) is 11.6 Å². The number of ether oxygens (including phenoxy) is 1. The van der Waals surface area contributed by atoms with Gasteiger partial charge >= 0.3 is 0 Å². The summed E-state index contributed by atoms with van der Waals surface area (Å²) in [6.07, 6.45) is 1.93. The molecule has 3 aromatic rings. The van der Waals surface area contributed by atoms with Gasteiger partial charge in [0.15, 0.2) is 0 Å². The number of carbonyl (C=O) groups excluding carboxylic acids is 2. The zero-order valence-electron chi connectivity index (χ0n) is 17.9. The van der Waals surface area contributed by atoms with E-state index in [1.807, 2.05) is 23.9 Å². The molecule has 2 heterocycles. The van der Waals surface area contributed by atoms with Crippen LogP contribution in [-0.2, 0) is 11.3 Å². The molecule has 0 spiro atoms. The smallest absolute Gasteiger partial charge is 0.256 e. The Hall–Kier alpha value is -2.97. The van der Waals surface area contributed by atoms with E-state index >= 15 is 0 Å². The Balaban J connectivity index is 1.39. The van der Waals surface area contributed by atoms with Crippen LogP contribution in [0.25, 0.3) is 10.9 Å². The van der Waals surface area contributed by atoms with E-state index in [9.17, 15) is 14.0 Å². The molecular formula is C23H24ClFN4O3. The van der Waals surface area contributed by atoms with Gasteiger partial charge in [0.1, 0.15) is 5.82 Å². The van der Waals surface area contributed by atoms with Crippen molar-refractivity contribution >= 4 is 34.3 Å². The average Bonchev–Trinajstić information content (AvgIpc) is 3.14. The highest BCUT2D eigenvalue weighted by molar-refractivity contribution is 6.30. The van der Waals surface area contributed by atoms with Crippen LogP contribution < -0.4 is 5.32 Å². The number of fused-ring (bicyclic) bond motifs is 1. The van der Waals surface area contributed by atoms with Crippen LogP contribution in [0.2, 0.25) is 5.02 Å². The first-order valence-electron chi connectivity index (χ1n) is 10.4. The maximum absolute atomic E-state index is 14.0. The topological polar surface area (TPSA) is 76.5 Å². The van der Waals surface area contributed by atoms with Crippen molar-refractivity contribution in [1.82, 2.24) is 20.0 Å². The predicted molar refractivity (Wildman–Crippen MR) is 119 cm³/mol. The minimum Gasteiger partial charge on any atom is -0.383 e. The van der Waals surface area contributed by atoms with Gasteiger partial charge in [-0.3, -0.25) is 14.3 Å². The molecule has 1 N–H and O–H groups in total. The molecule has 1 fully saturated rings. The molecule has 2 aromatic carbocycles. The predicted octanol–water partition coefficient (Wildman–Crippen LogP) is 3.29. The molecule has 0 aliphatic carbocycles. The number of amides is 2. The Morgan fingerprint density at radius 2 is 2.00 bits per heavy atom. The average molecular weight is 459 g/mol. The van der Waals surface area contributed by atoms with Crippen molar-refractivity contribution in [3.63, 3.8) is 0 Å². The molecular weight excluding hydrogens is 435 g/mol. The van der Waals surface area contributed by atoms with Crippen molar-refractivity contribution in [3.8, 4) is 0 Å². The number of likely N-dealkylation sites (tertiary alicyclic amines) is 1. The number of hydrogen-bond acceptors (Lipinski definition) is 4. The second-order valence-electron chi connectivity index (χ2n) is 7.97. The summed E-state index contributed by atoms with van der Waals surface area (Å²) in [6, 6.07) is 7.69. The number of aromatic nitrogens is 2. The molecule has 9 heteroatoms. The number of methoxy groups -OCH3 is 1. The lowest BCUT2D eigenvalue weighted by atomic mass is 9.98. The van der Waals surface area contributed by atoms with E-state index in [2.05, 4.69) is 10.4 Å². The normalized spacial score (nSPS) is 13.9. The van der Waals surface area contributed by atoms with Gasteiger partial charge in [-0.05, 0) is 42.8 Å². The molecule has 0 atom stereocenters. The zero-order chi connectivity index (χ0) is 22.8. The number of nitrogens with one attached hydrogen (secondary N) is 1. The van der Waals surface area contributed by atoms with E-state index in [4.69, 9.17) is 16.3 Å². The Bertz CT molecular complexity index is 1170. The third kappa shape index (κ3) is 4.47. The van der Waals surface area contributed by atoms with Gasteiger partial charge in [-0.25, -0.2) is 4.39 Å². The Morgan fingerprint density at radius 3 is 2.72 bits per heavy atom. The molecule has 32 heavy (non-hydrogen) atoms.